The molecular weight excluding hydrogens is 570 g/mol. The highest BCUT2D eigenvalue weighted by Gasteiger charge is 2.78. The third kappa shape index (κ3) is 3.62. The summed E-state index contributed by atoms with van der Waals surface area (Å²) in [6.45, 7) is 0.853. The largest absolute Gasteiger partial charge is 0.496 e. The standard InChI is InChI=1S/C33H32ClN3O4S/c1-36-16-21(14-20-8-4-6-10-27(20)40-2)30(38)32(18-36)29(23-9-5-7-11-28(23)41-3)26-17-42-19-37(26)33(32)24-15-22(34)12-13-25(24)35-31(33)39/h4-15,26,29H,16-19H2,1-3H3,(H,35,39)/b21-14+/t26-,29-,32-,33-/m0/s1. The van der Waals surface area contributed by atoms with Gasteiger partial charge < -0.3 is 19.7 Å². The van der Waals surface area contributed by atoms with Crippen LogP contribution in [-0.4, -0.2) is 73.5 Å². The molecule has 2 spiro atoms. The van der Waals surface area contributed by atoms with Gasteiger partial charge in [-0.15, -0.1) is 11.8 Å². The van der Waals surface area contributed by atoms with Gasteiger partial charge in [0.2, 0.25) is 0 Å². The number of ketones is 1. The van der Waals surface area contributed by atoms with E-state index in [-0.39, 0.29) is 23.7 Å². The molecule has 3 aromatic rings. The molecule has 7 rings (SSSR count). The quantitative estimate of drug-likeness (QED) is 0.409. The van der Waals surface area contributed by atoms with Crippen molar-refractivity contribution in [3.8, 4) is 11.5 Å². The van der Waals surface area contributed by atoms with Gasteiger partial charge >= 0.3 is 0 Å². The lowest BCUT2D eigenvalue weighted by atomic mass is 9.55. The van der Waals surface area contributed by atoms with Crippen molar-refractivity contribution in [2.24, 2.45) is 5.41 Å². The Hall–Kier alpha value is -3.30. The maximum absolute atomic E-state index is 15.5. The summed E-state index contributed by atoms with van der Waals surface area (Å²) in [7, 11) is 5.32. The van der Waals surface area contributed by atoms with E-state index < -0.39 is 11.0 Å². The minimum Gasteiger partial charge on any atom is -0.496 e. The van der Waals surface area contributed by atoms with Crippen LogP contribution >= 0.6 is 23.4 Å². The first kappa shape index (κ1) is 27.5. The summed E-state index contributed by atoms with van der Waals surface area (Å²) in [5.74, 6) is 2.30. The van der Waals surface area contributed by atoms with Crippen LogP contribution in [0.5, 0.6) is 11.5 Å². The second kappa shape index (κ2) is 10.2. The van der Waals surface area contributed by atoms with Crippen LogP contribution in [0.15, 0.2) is 72.3 Å². The molecule has 9 heteroatoms. The molecule has 7 nitrogen and oxygen atoms in total. The van der Waals surface area contributed by atoms with Gasteiger partial charge in [0.05, 0.1) is 19.6 Å². The number of piperidine rings is 1. The van der Waals surface area contributed by atoms with Crippen LogP contribution in [0.3, 0.4) is 0 Å². The second-order valence-corrected chi connectivity index (χ2v) is 12.9. The van der Waals surface area contributed by atoms with Crippen LogP contribution in [0, 0.1) is 5.41 Å². The summed E-state index contributed by atoms with van der Waals surface area (Å²) in [6, 6.07) is 21.1. The zero-order chi connectivity index (χ0) is 29.2. The number of amides is 1. The minimum atomic E-state index is -1.27. The van der Waals surface area contributed by atoms with Gasteiger partial charge in [0.1, 0.15) is 17.0 Å². The Morgan fingerprint density at radius 3 is 2.55 bits per heavy atom. The number of Topliss-reactive ketones (excluding diaryl/α,β-unsaturated/α-hetero) is 1. The number of rotatable bonds is 4. The smallest absolute Gasteiger partial charge is 0.250 e. The number of likely N-dealkylation sites (N-methyl/N-ethyl adjacent to an activating group) is 1. The molecule has 1 N–H and O–H groups in total. The molecule has 1 amide bonds. The van der Waals surface area contributed by atoms with Gasteiger partial charge in [-0.3, -0.25) is 14.5 Å². The fraction of sp³-hybridized carbons (Fsp3) is 0.333. The number of thioether (sulfide) groups is 1. The van der Waals surface area contributed by atoms with E-state index in [4.69, 9.17) is 21.1 Å². The van der Waals surface area contributed by atoms with E-state index in [1.165, 1.54) is 0 Å². The van der Waals surface area contributed by atoms with Crippen LogP contribution in [-0.2, 0) is 15.1 Å². The third-order valence-corrected chi connectivity index (χ3v) is 10.7. The lowest BCUT2D eigenvalue weighted by Gasteiger charge is -2.51. The molecule has 0 radical (unpaired) electrons. The molecule has 4 aliphatic heterocycles. The molecule has 216 valence electrons. The van der Waals surface area contributed by atoms with Gasteiger partial charge in [-0.25, -0.2) is 0 Å². The molecule has 3 fully saturated rings. The summed E-state index contributed by atoms with van der Waals surface area (Å²) < 4.78 is 11.6. The van der Waals surface area contributed by atoms with E-state index in [9.17, 15) is 4.79 Å². The Morgan fingerprint density at radius 1 is 1.02 bits per heavy atom. The number of para-hydroxylation sites is 2. The lowest BCUT2D eigenvalue weighted by molar-refractivity contribution is -0.146. The van der Waals surface area contributed by atoms with E-state index in [0.29, 0.717) is 41.0 Å². The van der Waals surface area contributed by atoms with Crippen molar-refractivity contribution in [1.82, 2.24) is 9.80 Å². The van der Waals surface area contributed by atoms with Gasteiger partial charge in [0, 0.05) is 64.1 Å². The number of likely N-dealkylation sites (tertiary alicyclic amines) is 1. The summed E-state index contributed by atoms with van der Waals surface area (Å²) in [4.78, 5) is 34.6. The SMILES string of the molecule is COc1ccccc1/C=C1\CN(C)C[C@@]2(C1=O)[C@@H](c1ccccc1OC)[C@@H]1CSCN1[C@@]21C(=O)Nc2ccc(Cl)cc21. The first-order chi connectivity index (χ1) is 20.4. The molecule has 3 saturated heterocycles. The Balaban J connectivity index is 1.56. The highest BCUT2D eigenvalue weighted by atomic mass is 35.5. The molecule has 4 aliphatic rings. The molecule has 4 heterocycles. The fourth-order valence-electron chi connectivity index (χ4n) is 8.08. The van der Waals surface area contributed by atoms with E-state index in [1.807, 2.05) is 67.7 Å². The molecule has 42 heavy (non-hydrogen) atoms. The van der Waals surface area contributed by atoms with Crippen LogP contribution < -0.4 is 14.8 Å². The molecule has 0 saturated carbocycles. The lowest BCUT2D eigenvalue weighted by Crippen LogP contribution is -2.65. The number of methoxy groups -OCH3 is 2. The highest BCUT2D eigenvalue weighted by Crippen LogP contribution is 2.69. The monoisotopic (exact) mass is 601 g/mol. The normalized spacial score (nSPS) is 29.8. The second-order valence-electron chi connectivity index (χ2n) is 11.5. The number of benzene rings is 3. The number of carbonyl (C=O) groups excluding carboxylic acids is 2. The maximum Gasteiger partial charge on any atom is 0.250 e. The molecular formula is C33H32ClN3O4S. The molecule has 0 aliphatic carbocycles. The summed E-state index contributed by atoms with van der Waals surface area (Å²) in [6.07, 6.45) is 1.94. The maximum atomic E-state index is 15.5. The highest BCUT2D eigenvalue weighted by molar-refractivity contribution is 7.99. The van der Waals surface area contributed by atoms with Gasteiger partial charge in [0.15, 0.2) is 5.78 Å². The zero-order valence-corrected chi connectivity index (χ0v) is 25.3. The van der Waals surface area contributed by atoms with Crippen molar-refractivity contribution in [2.45, 2.75) is 17.5 Å². The Kier molecular flexibility index (Phi) is 6.66. The van der Waals surface area contributed by atoms with E-state index in [0.717, 1.165) is 28.2 Å². The van der Waals surface area contributed by atoms with Crippen LogP contribution in [0.4, 0.5) is 5.69 Å². The van der Waals surface area contributed by atoms with Gasteiger partial charge in [-0.05, 0) is 49.0 Å². The van der Waals surface area contributed by atoms with Crippen LogP contribution in [0.25, 0.3) is 6.08 Å². The van der Waals surface area contributed by atoms with Crippen LogP contribution in [0.1, 0.15) is 22.6 Å². The number of nitrogens with zero attached hydrogens (tertiary/aromatic N) is 2. The predicted octanol–water partition coefficient (Wildman–Crippen LogP) is 5.26. The van der Waals surface area contributed by atoms with Crippen molar-refractivity contribution in [2.75, 3.05) is 51.3 Å². The number of halogens is 1. The van der Waals surface area contributed by atoms with Crippen molar-refractivity contribution >= 4 is 46.8 Å². The summed E-state index contributed by atoms with van der Waals surface area (Å²) >= 11 is 8.43. The molecule has 0 bridgehead atoms. The number of hydrogen-bond acceptors (Lipinski definition) is 7. The van der Waals surface area contributed by atoms with E-state index in [2.05, 4.69) is 21.2 Å². The number of ether oxygens (including phenoxy) is 2. The van der Waals surface area contributed by atoms with E-state index in [1.54, 1.807) is 32.0 Å². The van der Waals surface area contributed by atoms with Crippen molar-refractivity contribution in [3.05, 3.63) is 94.0 Å². The van der Waals surface area contributed by atoms with Gasteiger partial charge in [0.25, 0.3) is 5.91 Å². The molecule has 0 aromatic heterocycles. The van der Waals surface area contributed by atoms with Crippen molar-refractivity contribution in [1.29, 1.82) is 0 Å². The Morgan fingerprint density at radius 2 is 1.76 bits per heavy atom. The van der Waals surface area contributed by atoms with Gasteiger partial charge in [-0.1, -0.05) is 48.0 Å². The van der Waals surface area contributed by atoms with E-state index >= 15 is 4.79 Å². The number of carbonyl (C=O) groups is 2. The zero-order valence-electron chi connectivity index (χ0n) is 23.7. The number of anilines is 1. The number of nitrogens with one attached hydrogen (secondary N) is 1. The number of hydrogen-bond donors (Lipinski definition) is 1. The first-order valence-electron chi connectivity index (χ1n) is 14.0. The van der Waals surface area contributed by atoms with Crippen LogP contribution in [0.2, 0.25) is 5.02 Å². The predicted molar refractivity (Wildman–Crippen MR) is 166 cm³/mol. The Labute approximate surface area is 254 Å². The average molecular weight is 602 g/mol. The Bertz CT molecular complexity index is 1640. The minimum absolute atomic E-state index is 0.0233. The van der Waals surface area contributed by atoms with Gasteiger partial charge in [-0.2, -0.15) is 0 Å². The molecule has 0 unspecified atom stereocenters. The fourth-order valence-corrected chi connectivity index (χ4v) is 9.55. The summed E-state index contributed by atoms with van der Waals surface area (Å²) in [5.41, 5.74) is 1.45. The van der Waals surface area contributed by atoms with Crippen molar-refractivity contribution in [3.63, 3.8) is 0 Å². The topological polar surface area (TPSA) is 71.1 Å². The molecule has 4 atom stereocenters. The van der Waals surface area contributed by atoms with Crippen molar-refractivity contribution < 1.29 is 19.1 Å². The summed E-state index contributed by atoms with van der Waals surface area (Å²) in [5, 5.41) is 3.70. The third-order valence-electron chi connectivity index (χ3n) is 9.46. The molecule has 3 aromatic carbocycles. The number of fused-ring (bicyclic) bond motifs is 5. The first-order valence-corrected chi connectivity index (χ1v) is 15.6. The average Bonchev–Trinajstić information content (AvgIpc) is 3.64.